The molecule has 1 fully saturated rings. The number of rotatable bonds is 7. The van der Waals surface area contributed by atoms with Crippen molar-refractivity contribution >= 4 is 6.09 Å². The van der Waals surface area contributed by atoms with Crippen LogP contribution < -0.4 is 5.56 Å². The van der Waals surface area contributed by atoms with Crippen LogP contribution in [0.5, 0.6) is 0 Å². The highest BCUT2D eigenvalue weighted by Crippen LogP contribution is 2.40. The minimum Gasteiger partial charge on any atom is -0.438 e. The fourth-order valence-corrected chi connectivity index (χ4v) is 4.96. The summed E-state index contributed by atoms with van der Waals surface area (Å²) in [5.74, 6) is 0. The van der Waals surface area contributed by atoms with Gasteiger partial charge in [0, 0.05) is 31.3 Å². The molecule has 0 aliphatic carbocycles. The van der Waals surface area contributed by atoms with Crippen LogP contribution in [0.3, 0.4) is 0 Å². The molecular weight excluding hydrogens is 424 g/mol. The summed E-state index contributed by atoms with van der Waals surface area (Å²) >= 11 is 0. The molecule has 1 aliphatic rings. The number of carbonyl (C=O) groups excluding carboxylic acids is 1. The molecule has 1 saturated heterocycles. The monoisotopic (exact) mass is 458 g/mol. The average Bonchev–Trinajstić information content (AvgIpc) is 2.86. The quantitative estimate of drug-likeness (QED) is 0.396. The van der Waals surface area contributed by atoms with Crippen molar-refractivity contribution in [3.8, 4) is 11.1 Å². The summed E-state index contributed by atoms with van der Waals surface area (Å²) in [6.07, 6.45) is 3.98. The third kappa shape index (κ3) is 4.52. The van der Waals surface area contributed by atoms with Gasteiger partial charge in [0.2, 0.25) is 0 Å². The van der Waals surface area contributed by atoms with E-state index < -0.39 is 5.60 Å². The van der Waals surface area contributed by atoms with Gasteiger partial charge in [-0.2, -0.15) is 0 Å². The molecule has 1 amide bonds. The summed E-state index contributed by atoms with van der Waals surface area (Å²) in [7, 11) is 0. The maximum absolute atomic E-state index is 13.2. The van der Waals surface area contributed by atoms with Crippen LogP contribution >= 0.6 is 0 Å². The fraction of sp³-hybridized carbons (Fsp3) is 0.379. The Balaban J connectivity index is 1.55. The van der Waals surface area contributed by atoms with E-state index >= 15 is 0 Å². The molecule has 0 unspecified atom stereocenters. The number of carbonyl (C=O) groups is 1. The number of hydrogen-bond donors (Lipinski definition) is 0. The van der Waals surface area contributed by atoms with E-state index in [-0.39, 0.29) is 23.7 Å². The van der Waals surface area contributed by atoms with Gasteiger partial charge in [0.15, 0.2) is 0 Å². The molecule has 34 heavy (non-hydrogen) atoms. The summed E-state index contributed by atoms with van der Waals surface area (Å²) in [6.45, 7) is 8.84. The predicted octanol–water partition coefficient (Wildman–Crippen LogP) is 6.70. The number of pyridine rings is 1. The van der Waals surface area contributed by atoms with E-state index in [0.717, 1.165) is 41.5 Å². The van der Waals surface area contributed by atoms with Gasteiger partial charge in [-0.05, 0) is 55.0 Å². The lowest BCUT2D eigenvalue weighted by molar-refractivity contribution is -0.0646. The second kappa shape index (κ2) is 9.88. The van der Waals surface area contributed by atoms with Gasteiger partial charge in [-0.15, -0.1) is 0 Å². The second-order valence-corrected chi connectivity index (χ2v) is 9.33. The molecule has 0 bridgehead atoms. The van der Waals surface area contributed by atoms with Crippen LogP contribution in [-0.2, 0) is 10.3 Å². The second-order valence-electron chi connectivity index (χ2n) is 9.33. The van der Waals surface area contributed by atoms with E-state index in [0.29, 0.717) is 6.54 Å². The minimum atomic E-state index is -0.559. The summed E-state index contributed by atoms with van der Waals surface area (Å²) in [6, 6.07) is 21.9. The van der Waals surface area contributed by atoms with Crippen molar-refractivity contribution in [2.75, 3.05) is 6.54 Å². The third-order valence-electron chi connectivity index (χ3n) is 7.03. The normalized spacial score (nSPS) is 19.2. The Hall–Kier alpha value is -3.34. The number of ether oxygens (including phenoxy) is 1. The molecule has 2 atom stereocenters. The SMILES string of the molecule is CC[C@@H](c1ccc(-c2ccc(=O)n(C(C)C)c2)cc1)N1CC[C@](CC)(c2ccccc2)OC1=O. The molecule has 0 saturated carbocycles. The van der Waals surface area contributed by atoms with Crippen molar-refractivity contribution < 1.29 is 9.53 Å². The fourth-order valence-electron chi connectivity index (χ4n) is 4.96. The number of benzene rings is 2. The Morgan fingerprint density at radius 1 is 0.912 bits per heavy atom. The van der Waals surface area contributed by atoms with Gasteiger partial charge in [0.05, 0.1) is 6.04 Å². The zero-order valence-corrected chi connectivity index (χ0v) is 20.5. The van der Waals surface area contributed by atoms with Gasteiger partial charge in [-0.3, -0.25) is 4.79 Å². The number of cyclic esters (lactones) is 1. The molecule has 0 spiro atoms. The number of nitrogens with zero attached hydrogens (tertiary/aromatic N) is 2. The first-order valence-electron chi connectivity index (χ1n) is 12.3. The van der Waals surface area contributed by atoms with E-state index in [1.165, 1.54) is 0 Å². The van der Waals surface area contributed by atoms with Crippen molar-refractivity contribution in [2.45, 2.75) is 64.6 Å². The lowest BCUT2D eigenvalue weighted by atomic mass is 9.86. The van der Waals surface area contributed by atoms with E-state index in [1.807, 2.05) is 61.3 Å². The number of amides is 1. The van der Waals surface area contributed by atoms with Crippen LogP contribution in [0, 0.1) is 0 Å². The average molecular weight is 459 g/mol. The van der Waals surface area contributed by atoms with Gasteiger partial charge in [0.1, 0.15) is 5.60 Å². The Kier molecular flexibility index (Phi) is 6.92. The van der Waals surface area contributed by atoms with E-state index in [1.54, 1.807) is 10.6 Å². The van der Waals surface area contributed by atoms with Crippen molar-refractivity contribution in [1.82, 2.24) is 9.47 Å². The highest BCUT2D eigenvalue weighted by atomic mass is 16.6. The summed E-state index contributed by atoms with van der Waals surface area (Å²) in [5, 5.41) is 0. The van der Waals surface area contributed by atoms with Crippen molar-refractivity contribution in [3.63, 3.8) is 0 Å². The lowest BCUT2D eigenvalue weighted by Gasteiger charge is -2.43. The van der Waals surface area contributed by atoms with Gasteiger partial charge in [-0.25, -0.2) is 4.79 Å². The first-order chi connectivity index (χ1) is 16.4. The molecule has 5 nitrogen and oxygen atoms in total. The third-order valence-corrected chi connectivity index (χ3v) is 7.03. The van der Waals surface area contributed by atoms with Gasteiger partial charge < -0.3 is 14.2 Å². The van der Waals surface area contributed by atoms with E-state index in [9.17, 15) is 9.59 Å². The first kappa shape index (κ1) is 23.8. The molecule has 178 valence electrons. The first-order valence-corrected chi connectivity index (χ1v) is 12.3. The summed E-state index contributed by atoms with van der Waals surface area (Å²) in [4.78, 5) is 27.2. The molecule has 5 heteroatoms. The molecule has 1 aliphatic heterocycles. The van der Waals surface area contributed by atoms with E-state index in [2.05, 4.69) is 38.1 Å². The largest absolute Gasteiger partial charge is 0.438 e. The lowest BCUT2D eigenvalue weighted by Crippen LogP contribution is -2.48. The van der Waals surface area contributed by atoms with Crippen molar-refractivity contribution in [3.05, 3.63) is 94.4 Å². The van der Waals surface area contributed by atoms with Crippen LogP contribution in [-0.4, -0.2) is 22.1 Å². The zero-order chi connectivity index (χ0) is 24.3. The maximum Gasteiger partial charge on any atom is 0.411 e. The molecule has 0 radical (unpaired) electrons. The summed E-state index contributed by atoms with van der Waals surface area (Å²) in [5.41, 5.74) is 3.64. The predicted molar refractivity (Wildman–Crippen MR) is 136 cm³/mol. The van der Waals surface area contributed by atoms with Gasteiger partial charge in [0.25, 0.3) is 5.56 Å². The van der Waals surface area contributed by atoms with E-state index in [4.69, 9.17) is 4.74 Å². The molecule has 0 N–H and O–H groups in total. The molecule has 3 aromatic rings. The molecule has 2 aromatic carbocycles. The maximum atomic E-state index is 13.2. The van der Waals surface area contributed by atoms with Crippen LogP contribution in [0.1, 0.15) is 70.2 Å². The molecular formula is C29H34N2O3. The molecule has 1 aromatic heterocycles. The van der Waals surface area contributed by atoms with Crippen LogP contribution in [0.25, 0.3) is 11.1 Å². The Morgan fingerprint density at radius 2 is 1.59 bits per heavy atom. The van der Waals surface area contributed by atoms with Crippen molar-refractivity contribution in [2.24, 2.45) is 0 Å². The van der Waals surface area contributed by atoms with Gasteiger partial charge >= 0.3 is 6.09 Å². The highest BCUT2D eigenvalue weighted by Gasteiger charge is 2.42. The van der Waals surface area contributed by atoms with Crippen LogP contribution in [0.2, 0.25) is 0 Å². The minimum absolute atomic E-state index is 0.00341. The Morgan fingerprint density at radius 3 is 2.18 bits per heavy atom. The zero-order valence-electron chi connectivity index (χ0n) is 20.5. The highest BCUT2D eigenvalue weighted by molar-refractivity contribution is 5.70. The summed E-state index contributed by atoms with van der Waals surface area (Å²) < 4.78 is 7.87. The number of aromatic nitrogens is 1. The molecule has 4 rings (SSSR count). The standard InChI is InChI=1S/C29H34N2O3/c1-5-26(30-19-18-29(6-2,34-28(30)33)25-10-8-7-9-11-25)23-14-12-22(13-15-23)24-16-17-27(32)31(20-24)21(3)4/h7-17,20-21,26H,5-6,18-19H2,1-4H3/t26-,29+/m0/s1. The number of hydrogen-bond acceptors (Lipinski definition) is 3. The van der Waals surface area contributed by atoms with Crippen LogP contribution in [0.15, 0.2) is 77.7 Å². The van der Waals surface area contributed by atoms with Gasteiger partial charge in [-0.1, -0.05) is 68.4 Å². The smallest absolute Gasteiger partial charge is 0.411 e. The topological polar surface area (TPSA) is 51.5 Å². The Bertz CT molecular complexity index is 1180. The molecule has 2 heterocycles. The van der Waals surface area contributed by atoms with Crippen molar-refractivity contribution in [1.29, 1.82) is 0 Å². The van der Waals surface area contributed by atoms with Crippen LogP contribution in [0.4, 0.5) is 4.79 Å². The Labute approximate surface area is 202 Å².